The van der Waals surface area contributed by atoms with E-state index in [1.165, 1.54) is 12.8 Å². The van der Waals surface area contributed by atoms with Crippen molar-refractivity contribution < 1.29 is 4.79 Å². The van der Waals surface area contributed by atoms with Crippen LogP contribution in [0.2, 0.25) is 0 Å². The first kappa shape index (κ1) is 15.6. The van der Waals surface area contributed by atoms with E-state index in [9.17, 15) is 4.79 Å². The number of hydrogen-bond donors (Lipinski definition) is 1. The molecule has 3 heteroatoms. The van der Waals surface area contributed by atoms with Gasteiger partial charge in [-0.15, -0.1) is 0 Å². The molecular weight excluding hydrogens is 314 g/mol. The van der Waals surface area contributed by atoms with Gasteiger partial charge in [-0.1, -0.05) is 43.1 Å². The van der Waals surface area contributed by atoms with Crippen LogP contribution in [0, 0.1) is 17.8 Å². The molecule has 0 aromatic heterocycles. The molecule has 110 valence electrons. The van der Waals surface area contributed by atoms with Gasteiger partial charge in [-0.25, -0.2) is 0 Å². The quantitative estimate of drug-likeness (QED) is 0.855. The van der Waals surface area contributed by atoms with Gasteiger partial charge in [0.1, 0.15) is 0 Å². The monoisotopic (exact) mass is 337 g/mol. The van der Waals surface area contributed by atoms with Crippen LogP contribution < -0.4 is 5.32 Å². The summed E-state index contributed by atoms with van der Waals surface area (Å²) in [4.78, 5) is 12.4. The van der Waals surface area contributed by atoms with E-state index in [1.54, 1.807) is 0 Å². The summed E-state index contributed by atoms with van der Waals surface area (Å²) in [6.07, 6.45) is 3.61. The first-order chi connectivity index (χ1) is 9.47. The molecule has 1 fully saturated rings. The van der Waals surface area contributed by atoms with Crippen molar-refractivity contribution >= 4 is 21.8 Å². The summed E-state index contributed by atoms with van der Waals surface area (Å²) in [6, 6.07) is 7.89. The van der Waals surface area contributed by atoms with E-state index >= 15 is 0 Å². The van der Waals surface area contributed by atoms with Gasteiger partial charge in [0.2, 0.25) is 0 Å². The Morgan fingerprint density at radius 1 is 1.25 bits per heavy atom. The lowest BCUT2D eigenvalue weighted by molar-refractivity contribution is 0.0868. The molecule has 1 aromatic rings. The van der Waals surface area contributed by atoms with E-state index in [-0.39, 0.29) is 5.91 Å². The Bertz CT molecular complexity index is 455. The van der Waals surface area contributed by atoms with Crippen LogP contribution in [0.3, 0.4) is 0 Å². The van der Waals surface area contributed by atoms with Gasteiger partial charge in [0.05, 0.1) is 0 Å². The van der Waals surface area contributed by atoms with Crippen LogP contribution in [0.15, 0.2) is 28.7 Å². The van der Waals surface area contributed by atoms with Crippen molar-refractivity contribution in [2.45, 2.75) is 46.1 Å². The summed E-state index contributed by atoms with van der Waals surface area (Å²) < 4.78 is 1.00. The van der Waals surface area contributed by atoms with E-state index in [2.05, 4.69) is 42.0 Å². The zero-order valence-electron chi connectivity index (χ0n) is 12.5. The molecule has 0 radical (unpaired) electrons. The lowest BCUT2D eigenvalue weighted by Crippen LogP contribution is -2.45. The van der Waals surface area contributed by atoms with E-state index < -0.39 is 0 Å². The molecule has 2 nitrogen and oxygen atoms in total. The minimum atomic E-state index is 0.0576. The molecule has 0 saturated heterocycles. The summed E-state index contributed by atoms with van der Waals surface area (Å²) in [7, 11) is 0. The van der Waals surface area contributed by atoms with Gasteiger partial charge in [0, 0.05) is 16.1 Å². The van der Waals surface area contributed by atoms with Crippen LogP contribution in [-0.4, -0.2) is 11.9 Å². The highest BCUT2D eigenvalue weighted by Crippen LogP contribution is 2.33. The average Bonchev–Trinajstić information content (AvgIpc) is 2.39. The number of halogens is 1. The summed E-state index contributed by atoms with van der Waals surface area (Å²) in [5.41, 5.74) is 0.744. The molecule has 3 atom stereocenters. The molecule has 0 bridgehead atoms. The number of hydrogen-bond acceptors (Lipinski definition) is 1. The molecule has 0 heterocycles. The molecule has 0 spiro atoms. The Hall–Kier alpha value is -0.830. The molecule has 1 aromatic carbocycles. The fraction of sp³-hybridized carbons (Fsp3) is 0.588. The molecule has 1 N–H and O–H groups in total. The first-order valence-electron chi connectivity index (χ1n) is 7.53. The van der Waals surface area contributed by atoms with Gasteiger partial charge >= 0.3 is 0 Å². The van der Waals surface area contributed by atoms with Crippen molar-refractivity contribution in [3.05, 3.63) is 34.3 Å². The molecule has 1 amide bonds. The molecule has 0 aliphatic heterocycles. The number of rotatable bonds is 3. The predicted octanol–water partition coefficient (Wildman–Crippen LogP) is 4.64. The SMILES string of the molecule is CC1CCC(C(C)C)C(NC(=O)c2ccc(Br)cc2)C1. The molecule has 1 aliphatic rings. The number of carbonyl (C=O) groups excluding carboxylic acids is 1. The highest BCUT2D eigenvalue weighted by molar-refractivity contribution is 9.10. The molecule has 1 aliphatic carbocycles. The zero-order chi connectivity index (χ0) is 14.7. The lowest BCUT2D eigenvalue weighted by Gasteiger charge is -2.37. The minimum Gasteiger partial charge on any atom is -0.349 e. The summed E-state index contributed by atoms with van der Waals surface area (Å²) in [5, 5.41) is 3.26. The van der Waals surface area contributed by atoms with Crippen LogP contribution in [0.5, 0.6) is 0 Å². The molecule has 1 saturated carbocycles. The van der Waals surface area contributed by atoms with Crippen LogP contribution in [-0.2, 0) is 0 Å². The number of nitrogens with one attached hydrogen (secondary N) is 1. The maximum atomic E-state index is 12.4. The van der Waals surface area contributed by atoms with Crippen LogP contribution in [0.4, 0.5) is 0 Å². The van der Waals surface area contributed by atoms with Crippen molar-refractivity contribution in [2.75, 3.05) is 0 Å². The van der Waals surface area contributed by atoms with Gasteiger partial charge in [-0.2, -0.15) is 0 Å². The van der Waals surface area contributed by atoms with E-state index in [0.717, 1.165) is 16.5 Å². The van der Waals surface area contributed by atoms with E-state index in [4.69, 9.17) is 0 Å². The second kappa shape index (κ2) is 6.75. The topological polar surface area (TPSA) is 29.1 Å². The van der Waals surface area contributed by atoms with Crippen LogP contribution >= 0.6 is 15.9 Å². The van der Waals surface area contributed by atoms with E-state index in [0.29, 0.717) is 23.8 Å². The summed E-state index contributed by atoms with van der Waals surface area (Å²) in [6.45, 7) is 6.81. The van der Waals surface area contributed by atoms with Crippen molar-refractivity contribution in [3.8, 4) is 0 Å². The third kappa shape index (κ3) is 3.85. The predicted molar refractivity (Wildman–Crippen MR) is 86.7 cm³/mol. The normalized spacial score (nSPS) is 26.6. The van der Waals surface area contributed by atoms with Crippen molar-refractivity contribution in [2.24, 2.45) is 17.8 Å². The van der Waals surface area contributed by atoms with Crippen molar-refractivity contribution in [3.63, 3.8) is 0 Å². The third-order valence-electron chi connectivity index (χ3n) is 4.45. The second-order valence-corrected chi connectivity index (χ2v) is 7.33. The number of benzene rings is 1. The summed E-state index contributed by atoms with van der Waals surface area (Å²) >= 11 is 3.40. The Labute approximate surface area is 130 Å². The smallest absolute Gasteiger partial charge is 0.251 e. The highest BCUT2D eigenvalue weighted by atomic mass is 79.9. The second-order valence-electron chi connectivity index (χ2n) is 6.41. The van der Waals surface area contributed by atoms with Gasteiger partial charge in [-0.3, -0.25) is 4.79 Å². The molecule has 20 heavy (non-hydrogen) atoms. The fourth-order valence-corrected chi connectivity index (χ4v) is 3.49. The van der Waals surface area contributed by atoms with Gasteiger partial charge in [-0.05, 0) is 54.9 Å². The van der Waals surface area contributed by atoms with Crippen molar-refractivity contribution in [1.82, 2.24) is 5.32 Å². The Morgan fingerprint density at radius 2 is 1.90 bits per heavy atom. The van der Waals surface area contributed by atoms with Gasteiger partial charge in [0.25, 0.3) is 5.91 Å². The minimum absolute atomic E-state index is 0.0576. The number of amides is 1. The fourth-order valence-electron chi connectivity index (χ4n) is 3.22. The Balaban J connectivity index is 2.05. The summed E-state index contributed by atoms with van der Waals surface area (Å²) in [5.74, 6) is 1.99. The Kier molecular flexibility index (Phi) is 5.25. The standard InChI is InChI=1S/C17H24BrNO/c1-11(2)15-9-4-12(3)10-16(15)19-17(20)13-5-7-14(18)8-6-13/h5-8,11-12,15-16H,4,9-10H2,1-3H3,(H,19,20). The number of carbonyl (C=O) groups is 1. The third-order valence-corrected chi connectivity index (χ3v) is 4.97. The molecule has 2 rings (SSSR count). The largest absolute Gasteiger partial charge is 0.349 e. The zero-order valence-corrected chi connectivity index (χ0v) is 14.1. The Morgan fingerprint density at radius 3 is 2.50 bits per heavy atom. The van der Waals surface area contributed by atoms with Crippen molar-refractivity contribution in [1.29, 1.82) is 0 Å². The van der Waals surface area contributed by atoms with Gasteiger partial charge < -0.3 is 5.32 Å². The van der Waals surface area contributed by atoms with E-state index in [1.807, 2.05) is 24.3 Å². The maximum absolute atomic E-state index is 12.4. The highest BCUT2D eigenvalue weighted by Gasteiger charge is 2.31. The molecule has 3 unspecified atom stereocenters. The van der Waals surface area contributed by atoms with Crippen LogP contribution in [0.1, 0.15) is 50.4 Å². The van der Waals surface area contributed by atoms with Crippen LogP contribution in [0.25, 0.3) is 0 Å². The molecular formula is C17H24BrNO. The van der Waals surface area contributed by atoms with Gasteiger partial charge in [0.15, 0.2) is 0 Å². The average molecular weight is 338 g/mol. The lowest BCUT2D eigenvalue weighted by atomic mass is 9.74. The first-order valence-corrected chi connectivity index (χ1v) is 8.33. The maximum Gasteiger partial charge on any atom is 0.251 e.